The Bertz CT molecular complexity index is 588. The van der Waals surface area contributed by atoms with Gasteiger partial charge in [0, 0.05) is 19.5 Å². The number of benzene rings is 2. The molecular weight excluding hydrogens is 395 g/mol. The molecule has 0 amide bonds. The van der Waals surface area contributed by atoms with Crippen molar-refractivity contribution in [2.75, 3.05) is 0 Å². The standard InChI is InChI=1S/C14H11Br2ClO2/c15-11-2-1-9(14(17)6-11)8-19-12-3-4-13(16)10(5-12)7-18/h1-6,18H,7-8H2. The van der Waals surface area contributed by atoms with E-state index in [4.69, 9.17) is 16.3 Å². The predicted octanol–water partition coefficient (Wildman–Crippen LogP) is 4.94. The van der Waals surface area contributed by atoms with Gasteiger partial charge in [0.1, 0.15) is 12.4 Å². The quantitative estimate of drug-likeness (QED) is 0.780. The highest BCUT2D eigenvalue weighted by Crippen LogP contribution is 2.25. The van der Waals surface area contributed by atoms with Crippen LogP contribution in [0.25, 0.3) is 0 Å². The number of halogens is 3. The zero-order chi connectivity index (χ0) is 13.8. The molecule has 2 rings (SSSR count). The normalized spacial score (nSPS) is 10.5. The molecule has 0 fully saturated rings. The molecule has 0 bridgehead atoms. The van der Waals surface area contributed by atoms with Crippen LogP contribution in [0.1, 0.15) is 11.1 Å². The molecule has 0 aliphatic carbocycles. The summed E-state index contributed by atoms with van der Waals surface area (Å²) in [6, 6.07) is 11.2. The number of ether oxygens (including phenoxy) is 1. The van der Waals surface area contributed by atoms with Gasteiger partial charge in [0.25, 0.3) is 0 Å². The Morgan fingerprint density at radius 3 is 2.53 bits per heavy atom. The summed E-state index contributed by atoms with van der Waals surface area (Å²) < 4.78 is 7.48. The first-order valence-electron chi connectivity index (χ1n) is 5.56. The van der Waals surface area contributed by atoms with E-state index in [0.717, 1.165) is 20.1 Å². The van der Waals surface area contributed by atoms with Crippen molar-refractivity contribution in [3.63, 3.8) is 0 Å². The Kier molecular flexibility index (Phi) is 5.28. The smallest absolute Gasteiger partial charge is 0.120 e. The van der Waals surface area contributed by atoms with Gasteiger partial charge < -0.3 is 9.84 Å². The molecule has 5 heteroatoms. The Labute approximate surface area is 133 Å². The number of aliphatic hydroxyl groups is 1. The number of hydrogen-bond acceptors (Lipinski definition) is 2. The second-order valence-electron chi connectivity index (χ2n) is 3.94. The molecule has 0 radical (unpaired) electrons. The van der Waals surface area contributed by atoms with Crippen molar-refractivity contribution in [3.8, 4) is 5.75 Å². The van der Waals surface area contributed by atoms with Crippen LogP contribution in [0.3, 0.4) is 0 Å². The zero-order valence-corrected chi connectivity index (χ0v) is 13.8. The third-order valence-corrected chi connectivity index (χ3v) is 4.22. The summed E-state index contributed by atoms with van der Waals surface area (Å²) in [7, 11) is 0. The molecule has 19 heavy (non-hydrogen) atoms. The van der Waals surface area contributed by atoms with Gasteiger partial charge in [-0.1, -0.05) is 49.5 Å². The van der Waals surface area contributed by atoms with Crippen molar-refractivity contribution in [2.24, 2.45) is 0 Å². The van der Waals surface area contributed by atoms with E-state index in [9.17, 15) is 5.11 Å². The van der Waals surface area contributed by atoms with Crippen LogP contribution < -0.4 is 4.74 Å². The SMILES string of the molecule is OCc1cc(OCc2ccc(Br)cc2Cl)ccc1Br. The summed E-state index contributed by atoms with van der Waals surface area (Å²) in [6.07, 6.45) is 0. The van der Waals surface area contributed by atoms with E-state index in [1.165, 1.54) is 0 Å². The lowest BCUT2D eigenvalue weighted by Gasteiger charge is -2.10. The molecule has 2 nitrogen and oxygen atoms in total. The third-order valence-electron chi connectivity index (χ3n) is 2.60. The minimum atomic E-state index is -0.0309. The van der Waals surface area contributed by atoms with Crippen molar-refractivity contribution < 1.29 is 9.84 Å². The zero-order valence-electron chi connectivity index (χ0n) is 9.87. The van der Waals surface area contributed by atoms with E-state index in [1.807, 2.05) is 30.3 Å². The first-order valence-corrected chi connectivity index (χ1v) is 7.52. The minimum absolute atomic E-state index is 0.0309. The van der Waals surface area contributed by atoms with Crippen molar-refractivity contribution in [1.29, 1.82) is 0 Å². The second-order valence-corrected chi connectivity index (χ2v) is 6.11. The van der Waals surface area contributed by atoms with Crippen LogP contribution >= 0.6 is 43.5 Å². The first kappa shape index (κ1) is 14.9. The van der Waals surface area contributed by atoms with Gasteiger partial charge in [-0.2, -0.15) is 0 Å². The Morgan fingerprint density at radius 2 is 1.84 bits per heavy atom. The Morgan fingerprint density at radius 1 is 1.05 bits per heavy atom. The summed E-state index contributed by atoms with van der Waals surface area (Å²) in [6.45, 7) is 0.357. The second kappa shape index (κ2) is 6.75. The fourth-order valence-corrected chi connectivity index (χ4v) is 2.66. The van der Waals surface area contributed by atoms with E-state index in [1.54, 1.807) is 6.07 Å². The maximum absolute atomic E-state index is 9.19. The van der Waals surface area contributed by atoms with Gasteiger partial charge in [-0.15, -0.1) is 0 Å². The molecule has 2 aromatic carbocycles. The van der Waals surface area contributed by atoms with Gasteiger partial charge in [0.2, 0.25) is 0 Å². The van der Waals surface area contributed by atoms with E-state index in [0.29, 0.717) is 17.4 Å². The lowest BCUT2D eigenvalue weighted by molar-refractivity contribution is 0.277. The Hall–Kier alpha value is -0.550. The maximum Gasteiger partial charge on any atom is 0.120 e. The van der Waals surface area contributed by atoms with Gasteiger partial charge in [0.05, 0.1) is 6.61 Å². The maximum atomic E-state index is 9.19. The van der Waals surface area contributed by atoms with E-state index in [2.05, 4.69) is 31.9 Å². The number of hydrogen-bond donors (Lipinski definition) is 1. The molecule has 0 saturated carbocycles. The van der Waals surface area contributed by atoms with Gasteiger partial charge in [-0.3, -0.25) is 0 Å². The number of aliphatic hydroxyl groups excluding tert-OH is 1. The summed E-state index contributed by atoms with van der Waals surface area (Å²) in [5, 5.41) is 9.85. The molecular formula is C14H11Br2ClO2. The van der Waals surface area contributed by atoms with Crippen LogP contribution in [0.2, 0.25) is 5.02 Å². The molecule has 0 heterocycles. The van der Waals surface area contributed by atoms with Gasteiger partial charge in [-0.25, -0.2) is 0 Å². The topological polar surface area (TPSA) is 29.5 Å². The first-order chi connectivity index (χ1) is 9.10. The van der Waals surface area contributed by atoms with E-state index >= 15 is 0 Å². The highest BCUT2D eigenvalue weighted by molar-refractivity contribution is 9.10. The summed E-state index contributed by atoms with van der Waals surface area (Å²) in [5.41, 5.74) is 1.71. The number of rotatable bonds is 4. The molecule has 0 aliphatic rings. The summed E-state index contributed by atoms with van der Waals surface area (Å²) in [5.74, 6) is 0.700. The molecule has 100 valence electrons. The van der Waals surface area contributed by atoms with Crippen molar-refractivity contribution >= 4 is 43.5 Å². The van der Waals surface area contributed by atoms with Crippen LogP contribution in [-0.4, -0.2) is 5.11 Å². The molecule has 0 unspecified atom stereocenters. The molecule has 0 saturated heterocycles. The lowest BCUT2D eigenvalue weighted by atomic mass is 10.2. The molecule has 2 aromatic rings. The molecule has 0 aromatic heterocycles. The van der Waals surface area contributed by atoms with Crippen LogP contribution in [-0.2, 0) is 13.2 Å². The fourth-order valence-electron chi connectivity index (χ4n) is 1.56. The average molecular weight is 407 g/mol. The van der Waals surface area contributed by atoms with Crippen LogP contribution in [0, 0.1) is 0 Å². The summed E-state index contributed by atoms with van der Waals surface area (Å²) >= 11 is 12.8. The molecule has 0 atom stereocenters. The molecule has 0 spiro atoms. The average Bonchev–Trinajstić information content (AvgIpc) is 2.39. The van der Waals surface area contributed by atoms with Crippen molar-refractivity contribution in [3.05, 3.63) is 61.5 Å². The highest BCUT2D eigenvalue weighted by atomic mass is 79.9. The van der Waals surface area contributed by atoms with Crippen LogP contribution in [0.15, 0.2) is 45.3 Å². The monoisotopic (exact) mass is 404 g/mol. The minimum Gasteiger partial charge on any atom is -0.489 e. The molecule has 1 N–H and O–H groups in total. The largest absolute Gasteiger partial charge is 0.489 e. The van der Waals surface area contributed by atoms with Crippen LogP contribution in [0.4, 0.5) is 0 Å². The van der Waals surface area contributed by atoms with Crippen molar-refractivity contribution in [2.45, 2.75) is 13.2 Å². The van der Waals surface area contributed by atoms with Gasteiger partial charge in [0.15, 0.2) is 0 Å². The van der Waals surface area contributed by atoms with Crippen LogP contribution in [0.5, 0.6) is 5.75 Å². The summed E-state index contributed by atoms with van der Waals surface area (Å²) in [4.78, 5) is 0. The highest BCUT2D eigenvalue weighted by Gasteiger charge is 2.04. The Balaban J connectivity index is 2.10. The van der Waals surface area contributed by atoms with E-state index in [-0.39, 0.29) is 6.61 Å². The molecule has 0 aliphatic heterocycles. The lowest BCUT2D eigenvalue weighted by Crippen LogP contribution is -1.97. The van der Waals surface area contributed by atoms with Gasteiger partial charge in [-0.05, 0) is 35.9 Å². The predicted molar refractivity (Wildman–Crippen MR) is 83.5 cm³/mol. The van der Waals surface area contributed by atoms with Crippen molar-refractivity contribution in [1.82, 2.24) is 0 Å². The third kappa shape index (κ3) is 3.96. The van der Waals surface area contributed by atoms with Gasteiger partial charge >= 0.3 is 0 Å². The fraction of sp³-hybridized carbons (Fsp3) is 0.143. The van der Waals surface area contributed by atoms with E-state index < -0.39 is 0 Å².